The maximum Gasteiger partial charge on any atom is 0.335 e. The molecule has 28 heavy (non-hydrogen) atoms. The number of nitro groups is 1. The number of anilines is 1. The van der Waals surface area contributed by atoms with Gasteiger partial charge >= 0.3 is 6.03 Å². The Morgan fingerprint density at radius 2 is 1.79 bits per heavy atom. The van der Waals surface area contributed by atoms with E-state index in [0.717, 1.165) is 11.0 Å². The monoisotopic (exact) mass is 381 g/mol. The first-order valence-electron chi connectivity index (χ1n) is 8.30. The third-order valence-electron chi connectivity index (χ3n) is 3.94. The molecule has 2 aromatic carbocycles. The Morgan fingerprint density at radius 3 is 2.43 bits per heavy atom. The van der Waals surface area contributed by atoms with Crippen molar-refractivity contribution in [2.45, 2.75) is 6.92 Å². The van der Waals surface area contributed by atoms with Gasteiger partial charge in [-0.1, -0.05) is 12.1 Å². The first kappa shape index (κ1) is 18.8. The van der Waals surface area contributed by atoms with E-state index in [2.05, 4.69) is 5.32 Å². The van der Waals surface area contributed by atoms with E-state index in [1.165, 1.54) is 30.3 Å². The molecular formula is C19H15N3O6. The highest BCUT2D eigenvalue weighted by atomic mass is 16.6. The molecule has 142 valence electrons. The van der Waals surface area contributed by atoms with Crippen molar-refractivity contribution in [1.82, 2.24) is 5.32 Å². The topological polar surface area (TPSA) is 119 Å². The molecule has 0 radical (unpaired) electrons. The predicted molar refractivity (Wildman–Crippen MR) is 99.7 cm³/mol. The van der Waals surface area contributed by atoms with Crippen LogP contribution in [0.5, 0.6) is 5.75 Å². The van der Waals surface area contributed by atoms with Gasteiger partial charge in [0.25, 0.3) is 17.5 Å². The van der Waals surface area contributed by atoms with Gasteiger partial charge in [-0.3, -0.25) is 25.0 Å². The summed E-state index contributed by atoms with van der Waals surface area (Å²) >= 11 is 0. The summed E-state index contributed by atoms with van der Waals surface area (Å²) in [6, 6.07) is 10.9. The molecule has 4 amide bonds. The minimum absolute atomic E-state index is 0.0759. The average Bonchev–Trinajstić information content (AvgIpc) is 2.67. The lowest BCUT2D eigenvalue weighted by atomic mass is 10.1. The number of benzene rings is 2. The van der Waals surface area contributed by atoms with Crippen LogP contribution < -0.4 is 15.0 Å². The smallest absolute Gasteiger partial charge is 0.335 e. The molecule has 1 heterocycles. The fraction of sp³-hybridized carbons (Fsp3) is 0.105. The van der Waals surface area contributed by atoms with Crippen LogP contribution in [-0.2, 0) is 9.59 Å². The van der Waals surface area contributed by atoms with Gasteiger partial charge in [-0.15, -0.1) is 0 Å². The maximum atomic E-state index is 12.8. The van der Waals surface area contributed by atoms with Gasteiger partial charge in [-0.05, 0) is 43.3 Å². The number of rotatable bonds is 5. The summed E-state index contributed by atoms with van der Waals surface area (Å²) in [5, 5.41) is 13.2. The third kappa shape index (κ3) is 3.58. The molecule has 0 aliphatic carbocycles. The molecule has 0 spiro atoms. The van der Waals surface area contributed by atoms with Crippen molar-refractivity contribution in [3.8, 4) is 5.75 Å². The Bertz CT molecular complexity index is 997. The molecule has 9 heteroatoms. The fourth-order valence-electron chi connectivity index (χ4n) is 2.68. The zero-order valence-electron chi connectivity index (χ0n) is 14.7. The number of nitrogens with one attached hydrogen (secondary N) is 1. The van der Waals surface area contributed by atoms with Gasteiger partial charge in [0.2, 0.25) is 0 Å². The molecule has 1 N–H and O–H groups in total. The first-order chi connectivity index (χ1) is 13.4. The molecule has 0 unspecified atom stereocenters. The largest absolute Gasteiger partial charge is 0.494 e. The third-order valence-corrected chi connectivity index (χ3v) is 3.94. The number of imide groups is 2. The molecule has 1 saturated heterocycles. The second-order valence-corrected chi connectivity index (χ2v) is 5.70. The van der Waals surface area contributed by atoms with Crippen molar-refractivity contribution in [1.29, 1.82) is 0 Å². The number of hydrogen-bond donors (Lipinski definition) is 1. The number of nitrogens with zero attached hydrogens (tertiary/aromatic N) is 2. The molecule has 0 aromatic heterocycles. The fourth-order valence-corrected chi connectivity index (χ4v) is 2.68. The molecule has 1 fully saturated rings. The summed E-state index contributed by atoms with van der Waals surface area (Å²) in [6.45, 7) is 2.28. The molecule has 1 aliphatic heterocycles. The summed E-state index contributed by atoms with van der Waals surface area (Å²) in [5.41, 5.74) is -0.346. The first-order valence-corrected chi connectivity index (χ1v) is 8.30. The highest BCUT2D eigenvalue weighted by Gasteiger charge is 2.37. The van der Waals surface area contributed by atoms with E-state index in [1.807, 2.05) is 6.92 Å². The number of nitro benzene ring substituents is 1. The summed E-state index contributed by atoms with van der Waals surface area (Å²) < 4.78 is 5.32. The number of carbonyl (C=O) groups excluding carboxylic acids is 3. The van der Waals surface area contributed by atoms with Crippen LogP contribution in [0.2, 0.25) is 0 Å². The second-order valence-electron chi connectivity index (χ2n) is 5.70. The maximum absolute atomic E-state index is 12.8. The van der Waals surface area contributed by atoms with Gasteiger partial charge < -0.3 is 4.74 Å². The van der Waals surface area contributed by atoms with E-state index in [-0.39, 0.29) is 22.5 Å². The van der Waals surface area contributed by atoms with Crippen LogP contribution in [0, 0.1) is 10.1 Å². The molecule has 0 bridgehead atoms. The Labute approximate surface area is 159 Å². The van der Waals surface area contributed by atoms with Gasteiger partial charge in [0.05, 0.1) is 22.8 Å². The number of urea groups is 1. The van der Waals surface area contributed by atoms with Crippen LogP contribution in [0.3, 0.4) is 0 Å². The quantitative estimate of drug-likeness (QED) is 0.368. The van der Waals surface area contributed by atoms with Gasteiger partial charge in [-0.2, -0.15) is 0 Å². The van der Waals surface area contributed by atoms with Crippen LogP contribution in [-0.4, -0.2) is 29.4 Å². The van der Waals surface area contributed by atoms with E-state index >= 15 is 0 Å². The number of hydrogen-bond acceptors (Lipinski definition) is 6. The van der Waals surface area contributed by atoms with Crippen LogP contribution >= 0.6 is 0 Å². The van der Waals surface area contributed by atoms with Gasteiger partial charge in [0, 0.05) is 6.07 Å². The summed E-state index contributed by atoms with van der Waals surface area (Å²) in [6.07, 6.45) is 1.10. The normalized spacial score (nSPS) is 15.5. The van der Waals surface area contributed by atoms with Crippen LogP contribution in [0.25, 0.3) is 6.08 Å². The van der Waals surface area contributed by atoms with Crippen molar-refractivity contribution < 1.29 is 24.0 Å². The number of ether oxygens (including phenoxy) is 1. The van der Waals surface area contributed by atoms with E-state index in [0.29, 0.717) is 12.4 Å². The van der Waals surface area contributed by atoms with Gasteiger partial charge in [0.15, 0.2) is 0 Å². The summed E-state index contributed by atoms with van der Waals surface area (Å²) in [5.74, 6) is -1.24. The van der Waals surface area contributed by atoms with Crippen molar-refractivity contribution in [2.24, 2.45) is 0 Å². The standard InChI is InChI=1S/C19H15N3O6/c1-2-28-14-9-7-13(8-10-14)21-18(24)15(17(23)20-19(21)25)11-12-5-3-4-6-16(12)22(26)27/h3-11H,2H2,1H3,(H,20,23,25). The summed E-state index contributed by atoms with van der Waals surface area (Å²) in [4.78, 5) is 48.5. The predicted octanol–water partition coefficient (Wildman–Crippen LogP) is 2.66. The molecule has 3 rings (SSSR count). The van der Waals surface area contributed by atoms with E-state index in [9.17, 15) is 24.5 Å². The average molecular weight is 381 g/mol. The number of amides is 4. The zero-order valence-corrected chi connectivity index (χ0v) is 14.7. The van der Waals surface area contributed by atoms with Crippen molar-refractivity contribution in [3.63, 3.8) is 0 Å². The second kappa shape index (κ2) is 7.70. The van der Waals surface area contributed by atoms with Gasteiger partial charge in [0.1, 0.15) is 11.3 Å². The highest BCUT2D eigenvalue weighted by Crippen LogP contribution is 2.26. The lowest BCUT2D eigenvalue weighted by Gasteiger charge is -2.26. The lowest BCUT2D eigenvalue weighted by molar-refractivity contribution is -0.385. The van der Waals surface area contributed by atoms with Crippen LogP contribution in [0.1, 0.15) is 12.5 Å². The lowest BCUT2D eigenvalue weighted by Crippen LogP contribution is -2.54. The van der Waals surface area contributed by atoms with Gasteiger partial charge in [-0.25, -0.2) is 9.69 Å². The number of carbonyl (C=O) groups is 3. The number of barbiturate groups is 1. The minimum Gasteiger partial charge on any atom is -0.494 e. The molecule has 0 atom stereocenters. The van der Waals surface area contributed by atoms with Crippen LogP contribution in [0.15, 0.2) is 54.1 Å². The molecule has 0 saturated carbocycles. The molecule has 9 nitrogen and oxygen atoms in total. The Hall–Kier alpha value is -4.01. The minimum atomic E-state index is -0.921. The van der Waals surface area contributed by atoms with Crippen molar-refractivity contribution in [2.75, 3.05) is 11.5 Å². The van der Waals surface area contributed by atoms with Crippen molar-refractivity contribution >= 4 is 35.3 Å². The van der Waals surface area contributed by atoms with Crippen molar-refractivity contribution in [3.05, 3.63) is 69.8 Å². The molecular weight excluding hydrogens is 366 g/mol. The summed E-state index contributed by atoms with van der Waals surface area (Å²) in [7, 11) is 0. The molecule has 2 aromatic rings. The van der Waals surface area contributed by atoms with E-state index in [1.54, 1.807) is 18.2 Å². The van der Waals surface area contributed by atoms with Crippen LogP contribution in [0.4, 0.5) is 16.2 Å². The van der Waals surface area contributed by atoms with E-state index in [4.69, 9.17) is 4.74 Å². The Morgan fingerprint density at radius 1 is 1.11 bits per heavy atom. The molecule has 1 aliphatic rings. The Kier molecular flexibility index (Phi) is 5.16. The van der Waals surface area contributed by atoms with E-state index < -0.39 is 22.8 Å². The Balaban J connectivity index is 2.00. The zero-order chi connectivity index (χ0) is 20.3. The SMILES string of the molecule is CCOc1ccc(N2C(=O)NC(=O)C(=Cc3ccccc3[N+](=O)[O-])C2=O)cc1. The highest BCUT2D eigenvalue weighted by molar-refractivity contribution is 6.39. The number of para-hydroxylation sites is 1.